The van der Waals surface area contributed by atoms with Gasteiger partial charge in [0.1, 0.15) is 10.8 Å². The average molecular weight is 250 g/mol. The highest BCUT2D eigenvalue weighted by Crippen LogP contribution is 2.21. The molecule has 0 bridgehead atoms. The first-order valence-electron chi connectivity index (χ1n) is 5.31. The number of rotatable bonds is 5. The Labute approximate surface area is 104 Å². The predicted molar refractivity (Wildman–Crippen MR) is 69.3 cm³/mol. The summed E-state index contributed by atoms with van der Waals surface area (Å²) in [5, 5.41) is 6.13. The molecule has 0 aliphatic carbocycles. The van der Waals surface area contributed by atoms with E-state index < -0.39 is 0 Å². The Morgan fingerprint density at radius 1 is 1.47 bits per heavy atom. The van der Waals surface area contributed by atoms with Crippen molar-refractivity contribution in [2.75, 3.05) is 17.7 Å². The zero-order chi connectivity index (χ0) is 12.1. The van der Waals surface area contributed by atoms with E-state index in [0.717, 1.165) is 10.8 Å². The van der Waals surface area contributed by atoms with Crippen molar-refractivity contribution in [3.63, 3.8) is 0 Å². The number of nitrogens with one attached hydrogen (secondary N) is 1. The van der Waals surface area contributed by atoms with Crippen LogP contribution >= 0.6 is 11.3 Å². The number of thiazole rings is 1. The first-order valence-corrected chi connectivity index (χ1v) is 6.19. The van der Waals surface area contributed by atoms with Crippen LogP contribution in [-0.4, -0.2) is 16.6 Å². The number of hydrogen-bond acceptors (Lipinski definition) is 6. The molecule has 0 atom stereocenters. The van der Waals surface area contributed by atoms with Crippen molar-refractivity contribution in [1.82, 2.24) is 9.97 Å². The SMILES string of the molecule is CCOc1nc(NCc2nccs2)ccc1N. The molecule has 2 aromatic heterocycles. The van der Waals surface area contributed by atoms with Gasteiger partial charge in [0.2, 0.25) is 5.88 Å². The minimum atomic E-state index is 0.469. The molecule has 90 valence electrons. The van der Waals surface area contributed by atoms with Crippen LogP contribution in [0.2, 0.25) is 0 Å². The Morgan fingerprint density at radius 2 is 2.35 bits per heavy atom. The van der Waals surface area contributed by atoms with Crippen molar-refractivity contribution in [1.29, 1.82) is 0 Å². The molecule has 2 heterocycles. The molecule has 0 unspecified atom stereocenters. The smallest absolute Gasteiger partial charge is 0.239 e. The number of anilines is 2. The third kappa shape index (κ3) is 3.07. The molecule has 5 nitrogen and oxygen atoms in total. The zero-order valence-electron chi connectivity index (χ0n) is 9.51. The second-order valence-electron chi connectivity index (χ2n) is 3.30. The minimum Gasteiger partial charge on any atom is -0.476 e. The van der Waals surface area contributed by atoms with Crippen LogP contribution in [0.3, 0.4) is 0 Å². The van der Waals surface area contributed by atoms with Gasteiger partial charge in [-0.05, 0) is 19.1 Å². The fraction of sp³-hybridized carbons (Fsp3) is 0.273. The fourth-order valence-electron chi connectivity index (χ4n) is 1.31. The van der Waals surface area contributed by atoms with Gasteiger partial charge < -0.3 is 15.8 Å². The quantitative estimate of drug-likeness (QED) is 0.850. The van der Waals surface area contributed by atoms with Gasteiger partial charge >= 0.3 is 0 Å². The van der Waals surface area contributed by atoms with E-state index in [1.165, 1.54) is 0 Å². The maximum absolute atomic E-state index is 5.74. The Kier molecular flexibility index (Phi) is 3.77. The van der Waals surface area contributed by atoms with Gasteiger partial charge in [0.05, 0.1) is 18.8 Å². The summed E-state index contributed by atoms with van der Waals surface area (Å²) < 4.78 is 5.33. The number of nitrogens with two attached hydrogens (primary N) is 1. The van der Waals surface area contributed by atoms with E-state index in [0.29, 0.717) is 24.7 Å². The lowest BCUT2D eigenvalue weighted by Crippen LogP contribution is -2.04. The highest BCUT2D eigenvalue weighted by molar-refractivity contribution is 7.09. The topological polar surface area (TPSA) is 73.1 Å². The third-order valence-corrected chi connectivity index (χ3v) is 2.85. The zero-order valence-corrected chi connectivity index (χ0v) is 10.3. The van der Waals surface area contributed by atoms with E-state index in [1.807, 2.05) is 18.4 Å². The molecule has 0 aromatic carbocycles. The maximum atomic E-state index is 5.74. The summed E-state index contributed by atoms with van der Waals surface area (Å²) in [6.07, 6.45) is 1.78. The second-order valence-corrected chi connectivity index (χ2v) is 4.28. The monoisotopic (exact) mass is 250 g/mol. The van der Waals surface area contributed by atoms with Crippen LogP contribution in [0.25, 0.3) is 0 Å². The van der Waals surface area contributed by atoms with Crippen molar-refractivity contribution in [2.45, 2.75) is 13.5 Å². The van der Waals surface area contributed by atoms with Crippen LogP contribution in [0.15, 0.2) is 23.7 Å². The van der Waals surface area contributed by atoms with Gasteiger partial charge in [-0.15, -0.1) is 11.3 Å². The molecule has 0 saturated carbocycles. The molecule has 0 fully saturated rings. The number of hydrogen-bond donors (Lipinski definition) is 2. The Bertz CT molecular complexity index is 472. The lowest BCUT2D eigenvalue weighted by molar-refractivity contribution is 0.329. The molecule has 0 spiro atoms. The van der Waals surface area contributed by atoms with Crippen LogP contribution in [0.5, 0.6) is 5.88 Å². The van der Waals surface area contributed by atoms with Gasteiger partial charge in [0.25, 0.3) is 0 Å². The first-order chi connectivity index (χ1) is 8.29. The van der Waals surface area contributed by atoms with Crippen molar-refractivity contribution in [3.05, 3.63) is 28.7 Å². The number of pyridine rings is 1. The van der Waals surface area contributed by atoms with Gasteiger partial charge in [-0.3, -0.25) is 0 Å². The summed E-state index contributed by atoms with van der Waals surface area (Å²) in [6.45, 7) is 3.10. The molecule has 2 aromatic rings. The summed E-state index contributed by atoms with van der Waals surface area (Å²) in [7, 11) is 0. The van der Waals surface area contributed by atoms with Crippen molar-refractivity contribution in [3.8, 4) is 5.88 Å². The van der Waals surface area contributed by atoms with Crippen LogP contribution in [0, 0.1) is 0 Å². The van der Waals surface area contributed by atoms with Gasteiger partial charge in [0.15, 0.2) is 0 Å². The summed E-state index contributed by atoms with van der Waals surface area (Å²) >= 11 is 1.60. The van der Waals surface area contributed by atoms with Crippen LogP contribution in [0.1, 0.15) is 11.9 Å². The van der Waals surface area contributed by atoms with Crippen molar-refractivity contribution >= 4 is 22.8 Å². The van der Waals surface area contributed by atoms with Crippen LogP contribution in [0.4, 0.5) is 11.5 Å². The number of aromatic nitrogens is 2. The molecule has 0 amide bonds. The summed E-state index contributed by atoms with van der Waals surface area (Å²) in [5.41, 5.74) is 6.29. The Balaban J connectivity index is 2.03. The van der Waals surface area contributed by atoms with Crippen LogP contribution in [-0.2, 0) is 6.54 Å². The Hall–Kier alpha value is -1.82. The van der Waals surface area contributed by atoms with Gasteiger partial charge in [0, 0.05) is 11.6 Å². The molecule has 0 aliphatic rings. The highest BCUT2D eigenvalue weighted by atomic mass is 32.1. The lowest BCUT2D eigenvalue weighted by Gasteiger charge is -2.08. The van der Waals surface area contributed by atoms with E-state index >= 15 is 0 Å². The van der Waals surface area contributed by atoms with E-state index in [2.05, 4.69) is 15.3 Å². The number of nitrogen functional groups attached to an aromatic ring is 1. The normalized spacial score (nSPS) is 10.2. The number of ether oxygens (including phenoxy) is 1. The summed E-state index contributed by atoms with van der Waals surface area (Å²) in [5.74, 6) is 1.20. The highest BCUT2D eigenvalue weighted by Gasteiger charge is 2.04. The predicted octanol–water partition coefficient (Wildman–Crippen LogP) is 2.13. The van der Waals surface area contributed by atoms with E-state index in [4.69, 9.17) is 10.5 Å². The van der Waals surface area contributed by atoms with E-state index in [9.17, 15) is 0 Å². The molecule has 0 radical (unpaired) electrons. The third-order valence-electron chi connectivity index (χ3n) is 2.07. The van der Waals surface area contributed by atoms with E-state index in [-0.39, 0.29) is 0 Å². The summed E-state index contributed by atoms with van der Waals surface area (Å²) in [6, 6.07) is 3.60. The molecule has 3 N–H and O–H groups in total. The lowest BCUT2D eigenvalue weighted by atomic mass is 10.4. The molecular formula is C11H14N4OS. The fourth-order valence-corrected chi connectivity index (χ4v) is 1.86. The van der Waals surface area contributed by atoms with Crippen LogP contribution < -0.4 is 15.8 Å². The molecular weight excluding hydrogens is 236 g/mol. The van der Waals surface area contributed by atoms with Crippen molar-refractivity contribution < 1.29 is 4.74 Å². The van der Waals surface area contributed by atoms with E-state index in [1.54, 1.807) is 23.6 Å². The number of nitrogens with zero attached hydrogens (tertiary/aromatic N) is 2. The average Bonchev–Trinajstić information content (AvgIpc) is 2.83. The molecule has 6 heteroatoms. The maximum Gasteiger partial charge on any atom is 0.239 e. The largest absolute Gasteiger partial charge is 0.476 e. The van der Waals surface area contributed by atoms with Gasteiger partial charge in [-0.1, -0.05) is 0 Å². The summed E-state index contributed by atoms with van der Waals surface area (Å²) in [4.78, 5) is 8.46. The molecule has 0 saturated heterocycles. The second kappa shape index (κ2) is 5.49. The van der Waals surface area contributed by atoms with Gasteiger partial charge in [-0.2, -0.15) is 4.98 Å². The molecule has 17 heavy (non-hydrogen) atoms. The van der Waals surface area contributed by atoms with Gasteiger partial charge in [-0.25, -0.2) is 4.98 Å². The molecule has 2 rings (SSSR count). The Morgan fingerprint density at radius 3 is 3.06 bits per heavy atom. The van der Waals surface area contributed by atoms with Crippen molar-refractivity contribution in [2.24, 2.45) is 0 Å². The first kappa shape index (κ1) is 11.7. The minimum absolute atomic E-state index is 0.469. The standard InChI is InChI=1S/C11H14N4OS/c1-2-16-11-8(12)3-4-9(15-11)14-7-10-13-5-6-17-10/h3-6H,2,7,12H2,1H3,(H,14,15). The molecule has 0 aliphatic heterocycles.